The van der Waals surface area contributed by atoms with Gasteiger partial charge in [0.15, 0.2) is 0 Å². The number of carbonyl (C=O) groups excluding carboxylic acids is 1. The molecule has 2 bridgehead atoms. The summed E-state index contributed by atoms with van der Waals surface area (Å²) in [5, 5.41) is 0. The number of nitrogens with zero attached hydrogens (tertiary/aromatic N) is 1. The van der Waals surface area contributed by atoms with Gasteiger partial charge >= 0.3 is 5.97 Å². The summed E-state index contributed by atoms with van der Waals surface area (Å²) in [6.45, 7) is 5.92. The second kappa shape index (κ2) is 8.12. The lowest BCUT2D eigenvalue weighted by Gasteiger charge is -2.38. The Labute approximate surface area is 184 Å². The van der Waals surface area contributed by atoms with Crippen LogP contribution in [0.5, 0.6) is 0 Å². The Morgan fingerprint density at radius 3 is 2.26 bits per heavy atom. The summed E-state index contributed by atoms with van der Waals surface area (Å²) < 4.78 is 48.7. The molecule has 2 atom stereocenters. The molecule has 0 radical (unpaired) electrons. The molecule has 1 saturated carbocycles. The van der Waals surface area contributed by atoms with E-state index in [0.717, 1.165) is 43.1 Å². The first-order chi connectivity index (χ1) is 14.4. The Morgan fingerprint density at radius 2 is 1.74 bits per heavy atom. The minimum Gasteiger partial charge on any atom is -0.456 e. The minimum atomic E-state index is -3.47. The number of benzene rings is 1. The highest BCUT2D eigenvalue weighted by molar-refractivity contribution is 7.86. The summed E-state index contributed by atoms with van der Waals surface area (Å²) in [4.78, 5) is 14.9. The molecular formula is C23H32FNO5S. The van der Waals surface area contributed by atoms with Gasteiger partial charge in [0.2, 0.25) is 0 Å². The first-order valence-corrected chi connectivity index (χ1v) is 12.9. The van der Waals surface area contributed by atoms with E-state index in [0.29, 0.717) is 25.3 Å². The van der Waals surface area contributed by atoms with Crippen molar-refractivity contribution in [2.24, 2.45) is 0 Å². The van der Waals surface area contributed by atoms with Gasteiger partial charge in [0.05, 0.1) is 17.9 Å². The largest absolute Gasteiger partial charge is 0.456 e. The Balaban J connectivity index is 1.54. The van der Waals surface area contributed by atoms with Crippen molar-refractivity contribution in [3.8, 4) is 0 Å². The van der Waals surface area contributed by atoms with E-state index in [-0.39, 0.29) is 23.8 Å². The van der Waals surface area contributed by atoms with Gasteiger partial charge in [0, 0.05) is 18.6 Å². The van der Waals surface area contributed by atoms with E-state index in [1.54, 1.807) is 26.8 Å². The zero-order valence-electron chi connectivity index (χ0n) is 18.7. The van der Waals surface area contributed by atoms with Crippen molar-refractivity contribution in [1.29, 1.82) is 0 Å². The molecule has 2 heterocycles. The summed E-state index contributed by atoms with van der Waals surface area (Å²) in [5.41, 5.74) is 1.28. The number of halogens is 1. The smallest absolute Gasteiger partial charge is 0.341 e. The number of rotatable bonds is 6. The van der Waals surface area contributed by atoms with E-state index in [1.807, 2.05) is 0 Å². The van der Waals surface area contributed by atoms with Crippen LogP contribution in [0.25, 0.3) is 0 Å². The molecule has 6 nitrogen and oxygen atoms in total. The molecule has 31 heavy (non-hydrogen) atoms. The fourth-order valence-electron chi connectivity index (χ4n) is 5.04. The molecule has 1 aliphatic carbocycles. The maximum atomic E-state index is 14.9. The summed E-state index contributed by atoms with van der Waals surface area (Å²) in [6, 6.07) is 3.65. The van der Waals surface area contributed by atoms with Gasteiger partial charge < -0.3 is 4.74 Å². The quantitative estimate of drug-likeness (QED) is 0.476. The maximum absolute atomic E-state index is 14.9. The van der Waals surface area contributed by atoms with Crippen molar-refractivity contribution < 1.29 is 26.5 Å². The SMILES string of the molecule is CC(C)(C)OC(=O)c1cc(C2CC2)c(CN2C3CCC2CC(OS(C)(=O)=O)C3)cc1F. The molecule has 1 aromatic rings. The van der Waals surface area contributed by atoms with Crippen LogP contribution < -0.4 is 0 Å². The number of hydrogen-bond donors (Lipinski definition) is 0. The Kier molecular flexibility index (Phi) is 5.94. The Hall–Kier alpha value is -1.51. The highest BCUT2D eigenvalue weighted by Gasteiger charge is 2.42. The molecule has 8 heteroatoms. The van der Waals surface area contributed by atoms with Crippen LogP contribution in [-0.4, -0.2) is 49.3 Å². The fourth-order valence-corrected chi connectivity index (χ4v) is 5.69. The number of hydrogen-bond acceptors (Lipinski definition) is 6. The summed E-state index contributed by atoms with van der Waals surface area (Å²) in [6.07, 6.45) is 6.22. The van der Waals surface area contributed by atoms with Crippen LogP contribution in [0.15, 0.2) is 12.1 Å². The van der Waals surface area contributed by atoms with Crippen LogP contribution in [-0.2, 0) is 25.6 Å². The van der Waals surface area contributed by atoms with Gasteiger partial charge in [-0.1, -0.05) is 0 Å². The van der Waals surface area contributed by atoms with E-state index in [4.69, 9.17) is 8.92 Å². The van der Waals surface area contributed by atoms with Gasteiger partial charge in [0.25, 0.3) is 10.1 Å². The lowest BCUT2D eigenvalue weighted by molar-refractivity contribution is 0.00641. The van der Waals surface area contributed by atoms with Crippen LogP contribution in [0.3, 0.4) is 0 Å². The van der Waals surface area contributed by atoms with E-state index >= 15 is 0 Å². The third kappa shape index (κ3) is 5.46. The molecule has 0 spiro atoms. The number of ether oxygens (including phenoxy) is 1. The summed E-state index contributed by atoms with van der Waals surface area (Å²) in [7, 11) is -3.47. The zero-order valence-corrected chi connectivity index (χ0v) is 19.5. The summed E-state index contributed by atoms with van der Waals surface area (Å²) in [5.74, 6) is -0.811. The standard InChI is InChI=1S/C23H32FNO5S/c1-23(2,3)29-22(26)20-12-19(14-5-6-14)15(9-21(20)24)13-25-16-7-8-17(25)11-18(10-16)30-31(4,27)28/h9,12,14,16-18H,5-8,10-11,13H2,1-4H3. The van der Waals surface area contributed by atoms with Crippen LogP contribution >= 0.6 is 0 Å². The van der Waals surface area contributed by atoms with Gasteiger partial charge in [-0.15, -0.1) is 0 Å². The van der Waals surface area contributed by atoms with E-state index in [2.05, 4.69) is 4.90 Å². The third-order valence-electron chi connectivity index (χ3n) is 6.37. The fraction of sp³-hybridized carbons (Fsp3) is 0.696. The van der Waals surface area contributed by atoms with Crippen LogP contribution in [0.2, 0.25) is 0 Å². The lowest BCUT2D eigenvalue weighted by Crippen LogP contribution is -2.45. The average molecular weight is 454 g/mol. The van der Waals surface area contributed by atoms with Gasteiger partial charge in [0.1, 0.15) is 11.4 Å². The first-order valence-electron chi connectivity index (χ1n) is 11.1. The molecule has 0 amide bonds. The highest BCUT2D eigenvalue weighted by Crippen LogP contribution is 2.44. The molecule has 3 aliphatic rings. The van der Waals surface area contributed by atoms with Crippen molar-refractivity contribution in [3.63, 3.8) is 0 Å². The van der Waals surface area contributed by atoms with Gasteiger partial charge in [-0.2, -0.15) is 8.42 Å². The molecular weight excluding hydrogens is 421 g/mol. The lowest BCUT2D eigenvalue weighted by atomic mass is 9.95. The van der Waals surface area contributed by atoms with Crippen molar-refractivity contribution in [2.45, 2.75) is 95.5 Å². The number of esters is 1. The van der Waals surface area contributed by atoms with Crippen molar-refractivity contribution in [1.82, 2.24) is 4.90 Å². The molecule has 0 aromatic heterocycles. The molecule has 2 aliphatic heterocycles. The second-order valence-corrected chi connectivity index (χ2v) is 11.9. The van der Waals surface area contributed by atoms with E-state index < -0.39 is 27.5 Å². The highest BCUT2D eigenvalue weighted by atomic mass is 32.2. The second-order valence-electron chi connectivity index (χ2n) is 10.3. The van der Waals surface area contributed by atoms with Gasteiger partial charge in [-0.05, 0) is 88.5 Å². The predicted octanol–water partition coefficient (Wildman–Crippen LogP) is 4.13. The Bertz CT molecular complexity index is 953. The van der Waals surface area contributed by atoms with E-state index in [1.165, 1.54) is 6.07 Å². The van der Waals surface area contributed by atoms with Crippen molar-refractivity contribution >= 4 is 16.1 Å². The number of piperidine rings is 1. The summed E-state index contributed by atoms with van der Waals surface area (Å²) >= 11 is 0. The molecule has 1 aromatic carbocycles. The van der Waals surface area contributed by atoms with Gasteiger partial charge in [-0.3, -0.25) is 9.08 Å². The van der Waals surface area contributed by atoms with E-state index in [9.17, 15) is 17.6 Å². The molecule has 3 fully saturated rings. The number of carbonyl (C=O) groups is 1. The molecule has 0 N–H and O–H groups in total. The molecule has 2 unspecified atom stereocenters. The van der Waals surface area contributed by atoms with Gasteiger partial charge in [-0.25, -0.2) is 9.18 Å². The molecule has 2 saturated heterocycles. The third-order valence-corrected chi connectivity index (χ3v) is 6.99. The maximum Gasteiger partial charge on any atom is 0.341 e. The van der Waals surface area contributed by atoms with Crippen molar-refractivity contribution in [2.75, 3.05) is 6.26 Å². The number of fused-ring (bicyclic) bond motifs is 2. The monoisotopic (exact) mass is 453 g/mol. The van der Waals surface area contributed by atoms with Crippen molar-refractivity contribution in [3.05, 3.63) is 34.6 Å². The normalized spacial score (nSPS) is 26.8. The zero-order chi connectivity index (χ0) is 22.6. The Morgan fingerprint density at radius 1 is 1.13 bits per heavy atom. The molecule has 172 valence electrons. The average Bonchev–Trinajstić information content (AvgIpc) is 3.40. The molecule has 4 rings (SSSR count). The van der Waals surface area contributed by atoms with Crippen LogP contribution in [0.4, 0.5) is 4.39 Å². The van der Waals surface area contributed by atoms with Crippen LogP contribution in [0, 0.1) is 5.82 Å². The van der Waals surface area contributed by atoms with Crippen LogP contribution in [0.1, 0.15) is 86.7 Å². The topological polar surface area (TPSA) is 72.9 Å². The predicted molar refractivity (Wildman–Crippen MR) is 115 cm³/mol. The minimum absolute atomic E-state index is 0.00353. The first kappa shape index (κ1) is 22.7.